The lowest BCUT2D eigenvalue weighted by Crippen LogP contribution is -2.45. The number of rotatable bonds is 6. The second kappa shape index (κ2) is 7.95. The first-order valence-corrected chi connectivity index (χ1v) is 10.1. The Morgan fingerprint density at radius 2 is 2.20 bits per heavy atom. The minimum atomic E-state index is -0.0897. The molecule has 0 saturated carbocycles. The van der Waals surface area contributed by atoms with Gasteiger partial charge in [0.25, 0.3) is 0 Å². The van der Waals surface area contributed by atoms with Crippen molar-refractivity contribution < 1.29 is 9.53 Å². The zero-order chi connectivity index (χ0) is 14.4. The van der Waals surface area contributed by atoms with Crippen molar-refractivity contribution in [2.45, 2.75) is 75.7 Å². The number of hydrogen-bond donors (Lipinski definition) is 1. The molecule has 1 N–H and O–H groups in total. The summed E-state index contributed by atoms with van der Waals surface area (Å²) in [5.41, 5.74) is -0.0897. The Labute approximate surface area is 130 Å². The molecule has 2 rings (SSSR count). The van der Waals surface area contributed by atoms with E-state index in [0.29, 0.717) is 12.5 Å². The van der Waals surface area contributed by atoms with E-state index in [1.54, 1.807) is 0 Å². The van der Waals surface area contributed by atoms with Crippen LogP contribution in [0.3, 0.4) is 0 Å². The van der Waals surface area contributed by atoms with Gasteiger partial charge in [0.05, 0.1) is 5.60 Å². The van der Waals surface area contributed by atoms with Gasteiger partial charge in [0.2, 0.25) is 5.91 Å². The van der Waals surface area contributed by atoms with Crippen LogP contribution in [-0.4, -0.2) is 35.2 Å². The molecule has 2 saturated heterocycles. The Bertz CT molecular complexity index is 317. The van der Waals surface area contributed by atoms with Crippen LogP contribution in [0.2, 0.25) is 0 Å². The number of amides is 1. The standard InChI is InChI=1S/C15H27NO2S2/c1-15(2)11-12(7-9-18-15)16-14(17)6-4-3-5-13-8-10-19-20-13/h12-13H,3-11H2,1-2H3,(H,16,17)/t12?,13-/m1/s1. The summed E-state index contributed by atoms with van der Waals surface area (Å²) >= 11 is 0. The molecule has 5 heteroatoms. The normalized spacial score (nSPS) is 29.3. The highest BCUT2D eigenvalue weighted by Crippen LogP contribution is 2.39. The van der Waals surface area contributed by atoms with Crippen molar-refractivity contribution in [2.75, 3.05) is 12.4 Å². The van der Waals surface area contributed by atoms with Crippen molar-refractivity contribution in [2.24, 2.45) is 0 Å². The van der Waals surface area contributed by atoms with E-state index < -0.39 is 0 Å². The van der Waals surface area contributed by atoms with Gasteiger partial charge in [-0.25, -0.2) is 0 Å². The molecule has 0 bridgehead atoms. The van der Waals surface area contributed by atoms with Gasteiger partial charge < -0.3 is 10.1 Å². The topological polar surface area (TPSA) is 38.3 Å². The Morgan fingerprint density at radius 1 is 1.35 bits per heavy atom. The minimum absolute atomic E-state index is 0.0897. The first kappa shape index (κ1) is 16.5. The van der Waals surface area contributed by atoms with Gasteiger partial charge in [-0.1, -0.05) is 28.0 Å². The first-order valence-electron chi connectivity index (χ1n) is 7.77. The van der Waals surface area contributed by atoms with E-state index in [-0.39, 0.29) is 11.5 Å². The Morgan fingerprint density at radius 3 is 2.90 bits per heavy atom. The molecule has 3 nitrogen and oxygen atoms in total. The molecule has 1 amide bonds. The van der Waals surface area contributed by atoms with Crippen LogP contribution in [-0.2, 0) is 9.53 Å². The first-order chi connectivity index (χ1) is 9.55. The highest BCUT2D eigenvalue weighted by Gasteiger charge is 2.29. The second-order valence-electron chi connectivity index (χ2n) is 6.44. The third-order valence-corrected chi connectivity index (χ3v) is 6.98. The molecule has 2 fully saturated rings. The lowest BCUT2D eigenvalue weighted by molar-refractivity contribution is -0.124. The average Bonchev–Trinajstić information content (AvgIpc) is 2.86. The Balaban J connectivity index is 1.55. The van der Waals surface area contributed by atoms with E-state index in [9.17, 15) is 4.79 Å². The lowest BCUT2D eigenvalue weighted by atomic mass is 9.94. The Kier molecular flexibility index (Phi) is 6.56. The summed E-state index contributed by atoms with van der Waals surface area (Å²) in [7, 11) is 4.03. The van der Waals surface area contributed by atoms with E-state index in [2.05, 4.69) is 19.2 Å². The van der Waals surface area contributed by atoms with Crippen LogP contribution >= 0.6 is 21.6 Å². The quantitative estimate of drug-likeness (QED) is 0.598. The molecule has 2 heterocycles. The van der Waals surface area contributed by atoms with Crippen molar-refractivity contribution in [3.63, 3.8) is 0 Å². The third-order valence-electron chi connectivity index (χ3n) is 3.97. The zero-order valence-corrected chi connectivity index (χ0v) is 14.3. The minimum Gasteiger partial charge on any atom is -0.375 e. The smallest absolute Gasteiger partial charge is 0.220 e. The van der Waals surface area contributed by atoms with Crippen molar-refractivity contribution >= 4 is 27.5 Å². The summed E-state index contributed by atoms with van der Waals surface area (Å²) in [6.45, 7) is 4.96. The predicted octanol–water partition coefficient (Wildman–Crippen LogP) is 3.77. The molecule has 2 aliphatic heterocycles. The number of hydrogen-bond acceptors (Lipinski definition) is 4. The van der Waals surface area contributed by atoms with Crippen LogP contribution in [0, 0.1) is 0 Å². The van der Waals surface area contributed by atoms with E-state index in [1.165, 1.54) is 25.0 Å². The molecule has 1 unspecified atom stereocenters. The fourth-order valence-corrected chi connectivity index (χ4v) is 5.90. The molecule has 0 radical (unpaired) electrons. The van der Waals surface area contributed by atoms with Crippen LogP contribution in [0.25, 0.3) is 0 Å². The SMILES string of the molecule is CC1(C)CC(NC(=O)CCCC[C@@H]2CCSS2)CCO1. The summed E-state index contributed by atoms with van der Waals surface area (Å²) in [6.07, 6.45) is 7.39. The van der Waals surface area contributed by atoms with Gasteiger partial charge in [-0.15, -0.1) is 0 Å². The van der Waals surface area contributed by atoms with Gasteiger partial charge in [0, 0.05) is 30.1 Å². The molecule has 0 aromatic carbocycles. The molecule has 0 aromatic rings. The van der Waals surface area contributed by atoms with E-state index in [4.69, 9.17) is 4.74 Å². The van der Waals surface area contributed by atoms with E-state index in [1.807, 2.05) is 21.6 Å². The molecule has 2 atom stereocenters. The van der Waals surface area contributed by atoms with E-state index >= 15 is 0 Å². The number of carbonyl (C=O) groups excluding carboxylic acids is 1. The van der Waals surface area contributed by atoms with Crippen LogP contribution in [0.15, 0.2) is 0 Å². The average molecular weight is 318 g/mol. The van der Waals surface area contributed by atoms with Gasteiger partial charge in [-0.2, -0.15) is 0 Å². The van der Waals surface area contributed by atoms with Gasteiger partial charge in [0.15, 0.2) is 0 Å². The van der Waals surface area contributed by atoms with Gasteiger partial charge in [-0.05, 0) is 46.0 Å². The van der Waals surface area contributed by atoms with Crippen molar-refractivity contribution in [1.82, 2.24) is 5.32 Å². The number of unbranched alkanes of at least 4 members (excludes halogenated alkanes) is 1. The fourth-order valence-electron chi connectivity index (χ4n) is 2.88. The number of nitrogens with one attached hydrogen (secondary N) is 1. The van der Waals surface area contributed by atoms with Crippen LogP contribution in [0.5, 0.6) is 0 Å². The maximum absolute atomic E-state index is 12.0. The maximum atomic E-state index is 12.0. The predicted molar refractivity (Wildman–Crippen MR) is 88.1 cm³/mol. The molecular weight excluding hydrogens is 290 g/mol. The highest BCUT2D eigenvalue weighted by atomic mass is 33.1. The number of carbonyl (C=O) groups is 1. The number of ether oxygens (including phenoxy) is 1. The van der Waals surface area contributed by atoms with E-state index in [0.717, 1.165) is 31.1 Å². The fraction of sp³-hybridized carbons (Fsp3) is 0.933. The van der Waals surface area contributed by atoms with Crippen LogP contribution < -0.4 is 5.32 Å². The largest absolute Gasteiger partial charge is 0.375 e. The summed E-state index contributed by atoms with van der Waals surface area (Å²) in [6, 6.07) is 0.299. The van der Waals surface area contributed by atoms with Gasteiger partial charge >= 0.3 is 0 Å². The molecule has 2 aliphatic rings. The second-order valence-corrected chi connectivity index (χ2v) is 9.23. The summed E-state index contributed by atoms with van der Waals surface area (Å²) < 4.78 is 5.68. The summed E-state index contributed by atoms with van der Waals surface area (Å²) in [4.78, 5) is 12.0. The molecule has 0 aliphatic carbocycles. The van der Waals surface area contributed by atoms with Crippen molar-refractivity contribution in [1.29, 1.82) is 0 Å². The summed E-state index contributed by atoms with van der Waals surface area (Å²) in [5, 5.41) is 4.01. The molecule has 0 spiro atoms. The molecule has 0 aromatic heterocycles. The maximum Gasteiger partial charge on any atom is 0.220 e. The Hall–Kier alpha value is 0.130. The zero-order valence-electron chi connectivity index (χ0n) is 12.7. The lowest BCUT2D eigenvalue weighted by Gasteiger charge is -2.35. The highest BCUT2D eigenvalue weighted by molar-refractivity contribution is 8.77. The van der Waals surface area contributed by atoms with Crippen molar-refractivity contribution in [3.05, 3.63) is 0 Å². The molecule has 20 heavy (non-hydrogen) atoms. The van der Waals surface area contributed by atoms with Crippen molar-refractivity contribution in [3.8, 4) is 0 Å². The van der Waals surface area contributed by atoms with Gasteiger partial charge in [0.1, 0.15) is 0 Å². The molecule has 116 valence electrons. The third kappa shape index (κ3) is 5.86. The summed E-state index contributed by atoms with van der Waals surface area (Å²) in [5.74, 6) is 1.52. The van der Waals surface area contributed by atoms with Crippen LogP contribution in [0.1, 0.15) is 58.8 Å². The van der Waals surface area contributed by atoms with Gasteiger partial charge in [-0.3, -0.25) is 4.79 Å². The van der Waals surface area contributed by atoms with Crippen LogP contribution in [0.4, 0.5) is 0 Å². The molecular formula is C15H27NO2S2. The monoisotopic (exact) mass is 317 g/mol.